The number of hydrogen-bond acceptors (Lipinski definition) is 8. The molecule has 0 saturated heterocycles. The van der Waals surface area contributed by atoms with Gasteiger partial charge in [-0.05, 0) is 24.3 Å². The SMILES string of the molecule is C#CCn1c(=NC(=O)c2ccc(S(=O)(=O)N(CCC#N)CCC#N)cc2)sc2cc3c(cc21)OCO3. The summed E-state index contributed by atoms with van der Waals surface area (Å²) < 4.78 is 40.4. The molecule has 3 aromatic rings. The average Bonchev–Trinajstić information content (AvgIpc) is 3.46. The van der Waals surface area contributed by atoms with Crippen LogP contribution >= 0.6 is 11.3 Å². The number of amides is 1. The molecule has 1 aliphatic rings. The first-order valence-electron chi connectivity index (χ1n) is 10.7. The largest absolute Gasteiger partial charge is 0.454 e. The van der Waals surface area contributed by atoms with Crippen molar-refractivity contribution in [1.82, 2.24) is 8.87 Å². The van der Waals surface area contributed by atoms with E-state index in [1.165, 1.54) is 35.6 Å². The molecule has 1 amide bonds. The van der Waals surface area contributed by atoms with Crippen molar-refractivity contribution in [3.63, 3.8) is 0 Å². The van der Waals surface area contributed by atoms with Gasteiger partial charge in [-0.15, -0.1) is 6.42 Å². The highest BCUT2D eigenvalue weighted by Gasteiger charge is 2.24. The van der Waals surface area contributed by atoms with Crippen LogP contribution in [-0.4, -0.2) is 43.1 Å². The monoisotopic (exact) mass is 521 g/mol. The van der Waals surface area contributed by atoms with Crippen LogP contribution in [0, 0.1) is 35.0 Å². The molecule has 0 atom stereocenters. The number of thiazole rings is 1. The number of terminal acetylenes is 1. The summed E-state index contributed by atoms with van der Waals surface area (Å²) in [5.74, 6) is 3.18. The van der Waals surface area contributed by atoms with Gasteiger partial charge in [0, 0.05) is 43.6 Å². The Kier molecular flexibility index (Phi) is 7.37. The van der Waals surface area contributed by atoms with Crippen molar-refractivity contribution in [3.05, 3.63) is 46.8 Å². The summed E-state index contributed by atoms with van der Waals surface area (Å²) in [7, 11) is -3.94. The topological polar surface area (TPSA) is 138 Å². The maximum absolute atomic E-state index is 13.0. The van der Waals surface area contributed by atoms with E-state index in [9.17, 15) is 13.2 Å². The number of nitriles is 2. The van der Waals surface area contributed by atoms with E-state index in [0.29, 0.717) is 16.3 Å². The van der Waals surface area contributed by atoms with E-state index >= 15 is 0 Å². The first-order chi connectivity index (χ1) is 17.4. The molecular weight excluding hydrogens is 502 g/mol. The van der Waals surface area contributed by atoms with Crippen molar-refractivity contribution in [2.24, 2.45) is 4.99 Å². The number of hydrogen-bond donors (Lipinski definition) is 0. The molecule has 2 heterocycles. The number of rotatable bonds is 8. The minimum atomic E-state index is -3.94. The van der Waals surface area contributed by atoms with E-state index in [2.05, 4.69) is 10.9 Å². The van der Waals surface area contributed by atoms with Crippen molar-refractivity contribution >= 4 is 37.5 Å². The predicted octanol–water partition coefficient (Wildman–Crippen LogP) is 2.62. The van der Waals surface area contributed by atoms with Crippen LogP contribution in [0.15, 0.2) is 46.3 Å². The van der Waals surface area contributed by atoms with Crippen molar-refractivity contribution in [2.75, 3.05) is 19.9 Å². The lowest BCUT2D eigenvalue weighted by molar-refractivity contribution is 0.0997. The average molecular weight is 522 g/mol. The molecule has 0 aliphatic carbocycles. The van der Waals surface area contributed by atoms with Crippen LogP contribution in [-0.2, 0) is 16.6 Å². The highest BCUT2D eigenvalue weighted by Crippen LogP contribution is 2.37. The molecule has 1 aromatic heterocycles. The summed E-state index contributed by atoms with van der Waals surface area (Å²) >= 11 is 1.27. The molecule has 4 rings (SSSR count). The highest BCUT2D eigenvalue weighted by molar-refractivity contribution is 7.89. The molecule has 10 nitrogen and oxygen atoms in total. The van der Waals surface area contributed by atoms with Crippen LogP contribution in [0.25, 0.3) is 10.2 Å². The van der Waals surface area contributed by atoms with Gasteiger partial charge in [0.05, 0.1) is 33.8 Å². The zero-order valence-electron chi connectivity index (χ0n) is 18.9. The number of fused-ring (bicyclic) bond motifs is 2. The second-order valence-electron chi connectivity index (χ2n) is 7.51. The zero-order chi connectivity index (χ0) is 25.7. The van der Waals surface area contributed by atoms with Gasteiger partial charge in [0.15, 0.2) is 16.3 Å². The smallest absolute Gasteiger partial charge is 0.279 e. The molecule has 0 spiro atoms. The standard InChI is InChI=1S/C24H19N5O5S2/c1-2-11-29-19-14-20-21(34-16-33-20)15-22(19)35-24(29)27-23(30)17-5-7-18(8-6-17)36(31,32)28(12-3-9-25)13-4-10-26/h1,5-8,14-15H,3-4,11-13,16H2. The van der Waals surface area contributed by atoms with E-state index in [0.717, 1.165) is 14.5 Å². The van der Waals surface area contributed by atoms with Crippen LogP contribution in [0.5, 0.6) is 11.5 Å². The van der Waals surface area contributed by atoms with Crippen LogP contribution in [0.2, 0.25) is 0 Å². The quantitative estimate of drug-likeness (QED) is 0.415. The number of ether oxygens (including phenoxy) is 2. The molecule has 0 fully saturated rings. The van der Waals surface area contributed by atoms with Gasteiger partial charge in [-0.3, -0.25) is 4.79 Å². The van der Waals surface area contributed by atoms with E-state index < -0.39 is 15.9 Å². The molecule has 0 radical (unpaired) electrons. The van der Waals surface area contributed by atoms with Gasteiger partial charge in [-0.25, -0.2) is 8.42 Å². The van der Waals surface area contributed by atoms with Gasteiger partial charge >= 0.3 is 0 Å². The molecule has 0 unspecified atom stereocenters. The summed E-state index contributed by atoms with van der Waals surface area (Å²) in [6, 6.07) is 12.8. The summed E-state index contributed by atoms with van der Waals surface area (Å²) in [6.07, 6.45) is 5.52. The molecule has 0 saturated carbocycles. The number of nitrogens with zero attached hydrogens (tertiary/aromatic N) is 5. The first kappa shape index (κ1) is 25.0. The van der Waals surface area contributed by atoms with Crippen molar-refractivity contribution < 1.29 is 22.7 Å². The maximum Gasteiger partial charge on any atom is 0.279 e. The third-order valence-corrected chi connectivity index (χ3v) is 8.26. The van der Waals surface area contributed by atoms with Crippen molar-refractivity contribution in [2.45, 2.75) is 24.3 Å². The Labute approximate surface area is 211 Å². The minimum Gasteiger partial charge on any atom is -0.454 e. The fourth-order valence-electron chi connectivity index (χ4n) is 3.56. The van der Waals surface area contributed by atoms with E-state index in [1.807, 2.05) is 18.2 Å². The van der Waals surface area contributed by atoms with Gasteiger partial charge in [0.25, 0.3) is 5.91 Å². The summed E-state index contributed by atoms with van der Waals surface area (Å²) in [6.45, 7) is 0.260. The molecule has 0 bridgehead atoms. The number of carbonyl (C=O) groups excluding carboxylic acids is 1. The Morgan fingerprint density at radius 1 is 1.11 bits per heavy atom. The Hall–Kier alpha value is -4.15. The minimum absolute atomic E-state index is 0.00578. The molecule has 0 N–H and O–H groups in total. The second-order valence-corrected chi connectivity index (χ2v) is 10.5. The van der Waals surface area contributed by atoms with E-state index in [-0.39, 0.29) is 49.7 Å². The molecule has 1 aliphatic heterocycles. The lowest BCUT2D eigenvalue weighted by Gasteiger charge is -2.20. The maximum atomic E-state index is 13.0. The van der Waals surface area contributed by atoms with Crippen LogP contribution in [0.1, 0.15) is 23.2 Å². The normalized spacial score (nSPS) is 12.9. The van der Waals surface area contributed by atoms with Crippen molar-refractivity contribution in [1.29, 1.82) is 10.5 Å². The Morgan fingerprint density at radius 3 is 2.36 bits per heavy atom. The summed E-state index contributed by atoms with van der Waals surface area (Å²) in [5, 5.41) is 17.7. The fraction of sp³-hybridized carbons (Fsp3) is 0.250. The Morgan fingerprint density at radius 2 is 1.75 bits per heavy atom. The third kappa shape index (κ3) is 4.95. The third-order valence-electron chi connectivity index (χ3n) is 5.31. The lowest BCUT2D eigenvalue weighted by atomic mass is 10.2. The highest BCUT2D eigenvalue weighted by atomic mass is 32.2. The van der Waals surface area contributed by atoms with Gasteiger partial charge in [0.1, 0.15) is 0 Å². The molecular formula is C24H19N5O5S2. The number of aromatic nitrogens is 1. The molecule has 182 valence electrons. The number of benzene rings is 2. The molecule has 2 aromatic carbocycles. The summed E-state index contributed by atoms with van der Waals surface area (Å²) in [4.78, 5) is 17.5. The zero-order valence-corrected chi connectivity index (χ0v) is 20.5. The van der Waals surface area contributed by atoms with Gasteiger partial charge in [-0.2, -0.15) is 19.8 Å². The van der Waals surface area contributed by atoms with Gasteiger partial charge < -0.3 is 14.0 Å². The predicted molar refractivity (Wildman–Crippen MR) is 130 cm³/mol. The second kappa shape index (κ2) is 10.6. The first-order valence-corrected chi connectivity index (χ1v) is 12.9. The van der Waals surface area contributed by atoms with E-state index in [4.69, 9.17) is 26.4 Å². The van der Waals surface area contributed by atoms with E-state index in [1.54, 1.807) is 10.6 Å². The van der Waals surface area contributed by atoms with Gasteiger partial charge in [-0.1, -0.05) is 17.3 Å². The van der Waals surface area contributed by atoms with Crippen molar-refractivity contribution in [3.8, 4) is 36.0 Å². The number of sulfonamides is 1. The molecule has 36 heavy (non-hydrogen) atoms. The Balaban J connectivity index is 1.65. The van der Waals surface area contributed by atoms with Crippen LogP contribution < -0.4 is 14.3 Å². The van der Waals surface area contributed by atoms with Crippen LogP contribution in [0.4, 0.5) is 0 Å². The fourth-order valence-corrected chi connectivity index (χ4v) is 6.04. The number of carbonyl (C=O) groups is 1. The van der Waals surface area contributed by atoms with Gasteiger partial charge in [0.2, 0.25) is 16.8 Å². The Bertz CT molecular complexity index is 1600. The lowest BCUT2D eigenvalue weighted by Crippen LogP contribution is -2.32. The molecule has 12 heteroatoms. The van der Waals surface area contributed by atoms with Crippen LogP contribution in [0.3, 0.4) is 0 Å². The summed E-state index contributed by atoms with van der Waals surface area (Å²) in [5.41, 5.74) is 0.943.